The summed E-state index contributed by atoms with van der Waals surface area (Å²) in [4.78, 5) is 12.4. The molecule has 0 fully saturated rings. The molecule has 0 radical (unpaired) electrons. The molecule has 1 aliphatic carbocycles. The van der Waals surface area contributed by atoms with Gasteiger partial charge in [0.2, 0.25) is 0 Å². The quantitative estimate of drug-likeness (QED) is 0.874. The second-order valence-corrected chi connectivity index (χ2v) is 5.85. The van der Waals surface area contributed by atoms with Crippen LogP contribution in [-0.2, 0) is 24.2 Å². The third-order valence-corrected chi connectivity index (χ3v) is 4.20. The molecule has 0 heterocycles. The van der Waals surface area contributed by atoms with E-state index in [1.807, 2.05) is 30.3 Å². The molecule has 126 valence electrons. The van der Waals surface area contributed by atoms with Crippen LogP contribution in [-0.4, -0.2) is 20.3 Å². The molecule has 0 bridgehead atoms. The van der Waals surface area contributed by atoms with Gasteiger partial charge in [-0.3, -0.25) is 0 Å². The monoisotopic (exact) mass is 326 g/mol. The van der Waals surface area contributed by atoms with Crippen molar-refractivity contribution in [2.24, 2.45) is 0 Å². The van der Waals surface area contributed by atoms with Gasteiger partial charge in [0.25, 0.3) is 0 Å². The number of amides is 2. The van der Waals surface area contributed by atoms with E-state index in [2.05, 4.69) is 16.7 Å². The number of nitrogens with one attached hydrogen (secondary N) is 2. The number of ether oxygens (including phenoxy) is 2. The number of urea groups is 1. The number of carbonyl (C=O) groups is 1. The molecule has 5 heteroatoms. The highest BCUT2D eigenvalue weighted by Gasteiger charge is 2.20. The maximum atomic E-state index is 12.4. The zero-order valence-electron chi connectivity index (χ0n) is 14.0. The fourth-order valence-corrected chi connectivity index (χ4v) is 3.13. The molecular weight excluding hydrogens is 304 g/mol. The van der Waals surface area contributed by atoms with E-state index in [0.29, 0.717) is 12.4 Å². The second kappa shape index (κ2) is 7.36. The lowest BCUT2D eigenvalue weighted by Crippen LogP contribution is -2.21. The largest absolute Gasteiger partial charge is 0.495 e. The standard InChI is InChI=1S/C19H22N2O3/c1-23-12-13-5-3-7-15(11-13)20-19(22)21-18-16-8-4-6-14(16)9-10-17(18)24-2/h3,5,7,9-11H,4,6,8,12H2,1-2H3,(H2,20,21,22). The van der Waals surface area contributed by atoms with E-state index in [4.69, 9.17) is 9.47 Å². The van der Waals surface area contributed by atoms with Crippen LogP contribution in [0.3, 0.4) is 0 Å². The van der Waals surface area contributed by atoms with Crippen LogP contribution in [0, 0.1) is 0 Å². The van der Waals surface area contributed by atoms with E-state index in [0.717, 1.165) is 36.2 Å². The third-order valence-electron chi connectivity index (χ3n) is 4.20. The Labute approximate surface area is 142 Å². The van der Waals surface area contributed by atoms with Crippen molar-refractivity contribution in [2.75, 3.05) is 24.9 Å². The zero-order chi connectivity index (χ0) is 16.9. The maximum Gasteiger partial charge on any atom is 0.323 e. The van der Waals surface area contributed by atoms with Crippen molar-refractivity contribution >= 4 is 17.4 Å². The highest BCUT2D eigenvalue weighted by atomic mass is 16.5. The van der Waals surface area contributed by atoms with E-state index in [1.54, 1.807) is 14.2 Å². The van der Waals surface area contributed by atoms with Crippen molar-refractivity contribution in [3.63, 3.8) is 0 Å². The Hall–Kier alpha value is -2.53. The Bertz CT molecular complexity index is 743. The van der Waals surface area contributed by atoms with Crippen LogP contribution in [0.1, 0.15) is 23.1 Å². The number of benzene rings is 2. The van der Waals surface area contributed by atoms with Crippen LogP contribution in [0.15, 0.2) is 36.4 Å². The van der Waals surface area contributed by atoms with Crippen molar-refractivity contribution in [2.45, 2.75) is 25.9 Å². The Morgan fingerprint density at radius 2 is 2.00 bits per heavy atom. The molecular formula is C19H22N2O3. The second-order valence-electron chi connectivity index (χ2n) is 5.85. The van der Waals surface area contributed by atoms with Gasteiger partial charge in [-0.25, -0.2) is 4.79 Å². The van der Waals surface area contributed by atoms with Gasteiger partial charge in [-0.2, -0.15) is 0 Å². The molecule has 0 spiro atoms. The van der Waals surface area contributed by atoms with Gasteiger partial charge in [-0.05, 0) is 54.2 Å². The molecule has 2 amide bonds. The van der Waals surface area contributed by atoms with Gasteiger partial charge >= 0.3 is 6.03 Å². The molecule has 0 atom stereocenters. The molecule has 0 saturated carbocycles. The van der Waals surface area contributed by atoms with E-state index in [9.17, 15) is 4.79 Å². The third kappa shape index (κ3) is 3.51. The molecule has 2 aromatic carbocycles. The zero-order valence-corrected chi connectivity index (χ0v) is 14.0. The lowest BCUT2D eigenvalue weighted by Gasteiger charge is -2.15. The number of methoxy groups -OCH3 is 2. The number of carbonyl (C=O) groups excluding carboxylic acids is 1. The summed E-state index contributed by atoms with van der Waals surface area (Å²) in [6, 6.07) is 11.3. The molecule has 24 heavy (non-hydrogen) atoms. The van der Waals surface area contributed by atoms with Gasteiger partial charge in [0.15, 0.2) is 0 Å². The number of aryl methyl sites for hydroxylation is 1. The lowest BCUT2D eigenvalue weighted by atomic mass is 10.1. The molecule has 1 aliphatic rings. The SMILES string of the molecule is COCc1cccc(NC(=O)Nc2c(OC)ccc3c2CCC3)c1. The van der Waals surface area contributed by atoms with Crippen LogP contribution >= 0.6 is 0 Å². The number of anilines is 2. The minimum atomic E-state index is -0.275. The molecule has 2 N–H and O–H groups in total. The van der Waals surface area contributed by atoms with Gasteiger partial charge in [-0.1, -0.05) is 18.2 Å². The Balaban J connectivity index is 1.76. The summed E-state index contributed by atoms with van der Waals surface area (Å²) in [5.41, 5.74) is 4.98. The summed E-state index contributed by atoms with van der Waals surface area (Å²) in [6.07, 6.45) is 3.12. The predicted octanol–water partition coefficient (Wildman–Crippen LogP) is 3.97. The van der Waals surface area contributed by atoms with Crippen LogP contribution < -0.4 is 15.4 Å². The molecule has 0 aromatic heterocycles. The minimum Gasteiger partial charge on any atom is -0.495 e. The smallest absolute Gasteiger partial charge is 0.323 e. The number of hydrogen-bond acceptors (Lipinski definition) is 3. The Morgan fingerprint density at radius 3 is 2.79 bits per heavy atom. The highest BCUT2D eigenvalue weighted by Crippen LogP contribution is 2.36. The highest BCUT2D eigenvalue weighted by molar-refractivity contribution is 6.01. The summed E-state index contributed by atoms with van der Waals surface area (Å²) in [5.74, 6) is 0.693. The normalized spacial score (nSPS) is 12.6. The molecule has 0 saturated heterocycles. The first kappa shape index (κ1) is 16.3. The van der Waals surface area contributed by atoms with Crippen molar-refractivity contribution in [1.82, 2.24) is 0 Å². The van der Waals surface area contributed by atoms with Crippen molar-refractivity contribution in [1.29, 1.82) is 0 Å². The van der Waals surface area contributed by atoms with Gasteiger partial charge in [0, 0.05) is 12.8 Å². The van der Waals surface area contributed by atoms with Crippen molar-refractivity contribution in [3.8, 4) is 5.75 Å². The summed E-state index contributed by atoms with van der Waals surface area (Å²) in [6.45, 7) is 0.511. The first-order valence-electron chi connectivity index (χ1n) is 8.06. The number of rotatable bonds is 5. The van der Waals surface area contributed by atoms with E-state index in [-0.39, 0.29) is 6.03 Å². The number of hydrogen-bond donors (Lipinski definition) is 2. The topological polar surface area (TPSA) is 59.6 Å². The van der Waals surface area contributed by atoms with Crippen molar-refractivity contribution < 1.29 is 14.3 Å². The molecule has 2 aromatic rings. The summed E-state index contributed by atoms with van der Waals surface area (Å²) < 4.78 is 10.5. The predicted molar refractivity (Wildman–Crippen MR) is 94.8 cm³/mol. The van der Waals surface area contributed by atoms with Crippen LogP contribution in [0.5, 0.6) is 5.75 Å². The fraction of sp³-hybridized carbons (Fsp3) is 0.316. The molecule has 5 nitrogen and oxygen atoms in total. The number of fused-ring (bicyclic) bond motifs is 1. The summed E-state index contributed by atoms with van der Waals surface area (Å²) >= 11 is 0. The van der Waals surface area contributed by atoms with E-state index >= 15 is 0 Å². The van der Waals surface area contributed by atoms with Gasteiger partial charge in [-0.15, -0.1) is 0 Å². The van der Waals surface area contributed by atoms with Crippen LogP contribution in [0.4, 0.5) is 16.2 Å². The van der Waals surface area contributed by atoms with Gasteiger partial charge in [0.05, 0.1) is 19.4 Å². The van der Waals surface area contributed by atoms with E-state index in [1.165, 1.54) is 11.1 Å². The van der Waals surface area contributed by atoms with Crippen LogP contribution in [0.2, 0.25) is 0 Å². The Kier molecular flexibility index (Phi) is 5.01. The maximum absolute atomic E-state index is 12.4. The molecule has 0 aliphatic heterocycles. The first-order valence-corrected chi connectivity index (χ1v) is 8.06. The summed E-state index contributed by atoms with van der Waals surface area (Å²) in [5, 5.41) is 5.83. The average Bonchev–Trinajstić information content (AvgIpc) is 3.05. The minimum absolute atomic E-state index is 0.275. The summed E-state index contributed by atoms with van der Waals surface area (Å²) in [7, 11) is 3.27. The molecule has 0 unspecified atom stereocenters. The van der Waals surface area contributed by atoms with Crippen molar-refractivity contribution in [3.05, 3.63) is 53.1 Å². The van der Waals surface area contributed by atoms with Gasteiger partial charge < -0.3 is 20.1 Å². The lowest BCUT2D eigenvalue weighted by molar-refractivity contribution is 0.185. The average molecular weight is 326 g/mol. The van der Waals surface area contributed by atoms with Gasteiger partial charge in [0.1, 0.15) is 5.75 Å². The molecule has 3 rings (SSSR count). The van der Waals surface area contributed by atoms with E-state index < -0.39 is 0 Å². The Morgan fingerprint density at radius 1 is 1.12 bits per heavy atom. The fourth-order valence-electron chi connectivity index (χ4n) is 3.13. The van der Waals surface area contributed by atoms with Crippen LogP contribution in [0.25, 0.3) is 0 Å². The first-order chi connectivity index (χ1) is 11.7.